The molecule has 0 spiro atoms. The van der Waals surface area contributed by atoms with E-state index in [1.807, 2.05) is 41.5 Å². The van der Waals surface area contributed by atoms with Crippen molar-refractivity contribution in [1.82, 2.24) is 0 Å². The van der Waals surface area contributed by atoms with Crippen LogP contribution in [0.15, 0.2) is 0 Å². The first-order valence-electron chi connectivity index (χ1n) is 3.88. The van der Waals surface area contributed by atoms with Gasteiger partial charge in [-0.25, -0.2) is 0 Å². The maximum atomic E-state index is 5.47. The Morgan fingerprint density at radius 1 is 0.727 bits per heavy atom. The van der Waals surface area contributed by atoms with Crippen molar-refractivity contribution in [2.24, 2.45) is 0 Å². The molecule has 0 aromatic carbocycles. The van der Waals surface area contributed by atoms with Crippen molar-refractivity contribution in [3.8, 4) is 0 Å². The summed E-state index contributed by atoms with van der Waals surface area (Å²) in [5.41, 5.74) is -0.138. The van der Waals surface area contributed by atoms with E-state index in [9.17, 15) is 0 Å². The van der Waals surface area contributed by atoms with Crippen LogP contribution in [0, 0.1) is 0 Å². The van der Waals surface area contributed by atoms with Crippen molar-refractivity contribution >= 4 is 15.9 Å². The fourth-order valence-corrected chi connectivity index (χ4v) is 0.938. The topological polar surface area (TPSA) is 18.5 Å². The van der Waals surface area contributed by atoms with Crippen molar-refractivity contribution in [1.29, 1.82) is 0 Å². The third-order valence-electron chi connectivity index (χ3n) is 0.803. The Morgan fingerprint density at radius 3 is 1.18 bits per heavy atom. The van der Waals surface area contributed by atoms with Crippen LogP contribution in [0.3, 0.4) is 0 Å². The summed E-state index contributed by atoms with van der Waals surface area (Å²) in [6, 6.07) is 0. The summed E-state index contributed by atoms with van der Waals surface area (Å²) in [6.45, 7) is 12.2. The number of hydrogen-bond donors (Lipinski definition) is 0. The van der Waals surface area contributed by atoms with E-state index in [1.54, 1.807) is 0 Å². The first-order valence-corrected chi connectivity index (χ1v) is 4.82. The third-order valence-corrected chi connectivity index (χ3v) is 2.41. The average Bonchev–Trinajstić information content (AvgIpc) is 1.55. The van der Waals surface area contributed by atoms with Gasteiger partial charge in [0.05, 0.1) is 0 Å². The lowest BCUT2D eigenvalue weighted by molar-refractivity contribution is 0.0511. The molecule has 0 amide bonds. The van der Waals surface area contributed by atoms with Crippen LogP contribution in [-0.4, -0.2) is 27.1 Å². The van der Waals surface area contributed by atoms with Crippen LogP contribution in [0.2, 0.25) is 0 Å². The maximum Gasteiger partial charge on any atom is 0.669 e. The molecule has 0 aromatic heterocycles. The molecule has 2 nitrogen and oxygen atoms in total. The minimum Gasteiger partial charge on any atom is -0.479 e. The molecule has 3 heteroatoms. The molecule has 0 unspecified atom stereocenters. The van der Waals surface area contributed by atoms with Gasteiger partial charge in [-0.15, -0.1) is 0 Å². The van der Waals surface area contributed by atoms with Crippen LogP contribution >= 0.6 is 0 Å². The lowest BCUT2D eigenvalue weighted by Gasteiger charge is -2.25. The predicted octanol–water partition coefficient (Wildman–Crippen LogP) is 2.15. The van der Waals surface area contributed by atoms with Crippen molar-refractivity contribution in [2.45, 2.75) is 52.7 Å². The van der Waals surface area contributed by atoms with Crippen molar-refractivity contribution in [3.63, 3.8) is 0 Å². The molecule has 0 rings (SSSR count). The second-order valence-electron chi connectivity index (χ2n) is 4.56. The van der Waals surface area contributed by atoms with Gasteiger partial charge in [0, 0.05) is 11.2 Å². The number of rotatable bonds is 2. The van der Waals surface area contributed by atoms with E-state index in [-0.39, 0.29) is 27.1 Å². The SMILES string of the molecule is CC(C)(C)[O][Al][O]C(C)(C)C. The van der Waals surface area contributed by atoms with Crippen LogP contribution in [-0.2, 0) is 7.58 Å². The lowest BCUT2D eigenvalue weighted by atomic mass is 10.2. The normalized spacial score (nSPS) is 13.3. The van der Waals surface area contributed by atoms with Gasteiger partial charge >= 0.3 is 15.9 Å². The van der Waals surface area contributed by atoms with Crippen molar-refractivity contribution in [2.75, 3.05) is 0 Å². The van der Waals surface area contributed by atoms with Gasteiger partial charge in [0.2, 0.25) is 0 Å². The fourth-order valence-electron chi connectivity index (χ4n) is 0.313. The smallest absolute Gasteiger partial charge is 0.479 e. The Balaban J connectivity index is 3.44. The Hall–Kier alpha value is 0.452. The van der Waals surface area contributed by atoms with Gasteiger partial charge in [-0.05, 0) is 41.5 Å². The molecule has 0 aliphatic rings. The largest absolute Gasteiger partial charge is 0.669 e. The number of hydrogen-bond acceptors (Lipinski definition) is 2. The molecule has 11 heavy (non-hydrogen) atoms. The quantitative estimate of drug-likeness (QED) is 0.596. The summed E-state index contributed by atoms with van der Waals surface area (Å²) in [4.78, 5) is 0. The van der Waals surface area contributed by atoms with Gasteiger partial charge in [-0.3, -0.25) is 0 Å². The molecule has 0 aliphatic carbocycles. The Bertz CT molecular complexity index is 96.2. The first-order chi connectivity index (χ1) is 4.71. The minimum absolute atomic E-state index is 0.0689. The highest BCUT2D eigenvalue weighted by Crippen LogP contribution is 2.09. The molecule has 1 radical (unpaired) electrons. The van der Waals surface area contributed by atoms with E-state index in [0.717, 1.165) is 0 Å². The highest BCUT2D eigenvalue weighted by molar-refractivity contribution is 6.18. The molecule has 0 aliphatic heterocycles. The van der Waals surface area contributed by atoms with E-state index >= 15 is 0 Å². The summed E-state index contributed by atoms with van der Waals surface area (Å²) in [5.74, 6) is 0. The molecule has 65 valence electrons. The summed E-state index contributed by atoms with van der Waals surface area (Å²) in [6.07, 6.45) is 0. The molecule has 0 bridgehead atoms. The molecule has 0 heterocycles. The molecule has 0 atom stereocenters. The zero-order valence-electron chi connectivity index (χ0n) is 8.39. The zero-order chi connectivity index (χ0) is 9.12. The fraction of sp³-hybridized carbons (Fsp3) is 1.00. The van der Waals surface area contributed by atoms with E-state index in [0.29, 0.717) is 0 Å². The molecular formula is C8H18AlO2. The van der Waals surface area contributed by atoms with Crippen LogP contribution in [0.25, 0.3) is 0 Å². The lowest BCUT2D eigenvalue weighted by Crippen LogP contribution is -2.29. The molecule has 0 aromatic rings. The molecule has 0 N–H and O–H groups in total. The van der Waals surface area contributed by atoms with Gasteiger partial charge in [-0.1, -0.05) is 0 Å². The van der Waals surface area contributed by atoms with Gasteiger partial charge < -0.3 is 7.58 Å². The van der Waals surface area contributed by atoms with Gasteiger partial charge in [-0.2, -0.15) is 0 Å². The molecular weight excluding hydrogens is 155 g/mol. The summed E-state index contributed by atoms with van der Waals surface area (Å²) in [7, 11) is 0. The minimum atomic E-state index is -0.331. The second kappa shape index (κ2) is 3.91. The summed E-state index contributed by atoms with van der Waals surface area (Å²) in [5, 5.41) is 0. The highest BCUT2D eigenvalue weighted by Gasteiger charge is 2.17. The standard InChI is InChI=1S/2C4H9O.Al/c2*1-4(2,3)5;/h2*1-3H3;/q2*-1;+2. The second-order valence-corrected chi connectivity index (χ2v) is 5.22. The van der Waals surface area contributed by atoms with Gasteiger partial charge in [0.1, 0.15) is 0 Å². The van der Waals surface area contributed by atoms with E-state index in [2.05, 4.69) is 0 Å². The molecule has 0 fully saturated rings. The molecule has 0 saturated carbocycles. The van der Waals surface area contributed by atoms with Crippen LogP contribution in [0.5, 0.6) is 0 Å². The highest BCUT2D eigenvalue weighted by atomic mass is 27.2. The summed E-state index contributed by atoms with van der Waals surface area (Å²) < 4.78 is 10.9. The van der Waals surface area contributed by atoms with E-state index in [1.165, 1.54) is 0 Å². The Kier molecular flexibility index (Phi) is 4.07. The maximum absolute atomic E-state index is 5.47. The van der Waals surface area contributed by atoms with Crippen molar-refractivity contribution in [3.05, 3.63) is 0 Å². The average molecular weight is 173 g/mol. The molecule has 0 saturated heterocycles. The van der Waals surface area contributed by atoms with E-state index < -0.39 is 0 Å². The van der Waals surface area contributed by atoms with Crippen LogP contribution < -0.4 is 0 Å². The summed E-state index contributed by atoms with van der Waals surface area (Å²) >= 11 is -0.331. The zero-order valence-corrected chi connectivity index (χ0v) is 9.55. The van der Waals surface area contributed by atoms with Gasteiger partial charge in [0.25, 0.3) is 0 Å². The van der Waals surface area contributed by atoms with Crippen LogP contribution in [0.1, 0.15) is 41.5 Å². The van der Waals surface area contributed by atoms with Gasteiger partial charge in [0.15, 0.2) is 0 Å². The van der Waals surface area contributed by atoms with E-state index in [4.69, 9.17) is 7.58 Å². The van der Waals surface area contributed by atoms with Crippen molar-refractivity contribution < 1.29 is 7.58 Å². The Labute approximate surface area is 76.7 Å². The predicted molar refractivity (Wildman–Crippen MR) is 47.4 cm³/mol. The van der Waals surface area contributed by atoms with Crippen LogP contribution in [0.4, 0.5) is 0 Å². The Morgan fingerprint density at radius 2 is 1.00 bits per heavy atom. The monoisotopic (exact) mass is 173 g/mol. The third kappa shape index (κ3) is 10.5. The first kappa shape index (κ1) is 11.5.